The summed E-state index contributed by atoms with van der Waals surface area (Å²) in [5.74, 6) is 7.57. The fourth-order valence-electron chi connectivity index (χ4n) is 9.81. The van der Waals surface area contributed by atoms with Crippen LogP contribution < -0.4 is 0 Å². The number of fused-ring (bicyclic) bond motifs is 1. The Morgan fingerprint density at radius 2 is 1.34 bits per heavy atom. The van der Waals surface area contributed by atoms with E-state index in [1.54, 1.807) is 108 Å². The maximum Gasteiger partial charge on any atom is -0.00683 e. The van der Waals surface area contributed by atoms with Gasteiger partial charge in [-0.25, -0.2) is 0 Å². The van der Waals surface area contributed by atoms with E-state index in [4.69, 9.17) is 0 Å². The second-order valence-electron chi connectivity index (χ2n) is 14.3. The molecule has 1 spiro atoms. The molecule has 6 aliphatic carbocycles. The Balaban J connectivity index is 0.000000244. The van der Waals surface area contributed by atoms with E-state index < -0.39 is 0 Å². The Kier molecular flexibility index (Phi) is 12.5. The highest BCUT2D eigenvalue weighted by atomic mass is 16.0. The first-order valence-corrected chi connectivity index (χ1v) is 17.2. The van der Waals surface area contributed by atoms with Crippen molar-refractivity contribution in [1.29, 1.82) is 0 Å². The summed E-state index contributed by atoms with van der Waals surface area (Å²) in [6.45, 7) is 12.9. The fraction of sp³-hybridized carbons (Fsp3) is 0.865. The molecule has 0 bridgehead atoms. The van der Waals surface area contributed by atoms with Gasteiger partial charge in [-0.1, -0.05) is 89.0 Å². The smallest absolute Gasteiger partial charge is 0.00683 e. The maximum absolute atomic E-state index is 2.34. The molecule has 1 nitrogen and oxygen atoms in total. The van der Waals surface area contributed by atoms with E-state index in [2.05, 4.69) is 40.2 Å². The van der Waals surface area contributed by atoms with Gasteiger partial charge in [0.15, 0.2) is 0 Å². The average Bonchev–Trinajstić information content (AvgIpc) is 2.86. The van der Waals surface area contributed by atoms with Crippen LogP contribution in [0.3, 0.4) is 0 Å². The van der Waals surface area contributed by atoms with Crippen LogP contribution >= 0.6 is 0 Å². The molecular formula is C37H65O. The zero-order valence-electron chi connectivity index (χ0n) is 26.4. The van der Waals surface area contributed by atoms with Crippen LogP contribution in [0, 0.1) is 53.3 Å². The Morgan fingerprint density at radius 1 is 0.763 bits per heavy atom. The molecule has 5 saturated carbocycles. The lowest BCUT2D eigenvalue weighted by Crippen LogP contribution is -2.41. The predicted molar refractivity (Wildman–Crippen MR) is 167 cm³/mol. The summed E-state index contributed by atoms with van der Waals surface area (Å²) in [5.41, 5.74) is 5.30. The zero-order valence-corrected chi connectivity index (χ0v) is 26.4. The van der Waals surface area contributed by atoms with E-state index >= 15 is 0 Å². The molecule has 1 radical (unpaired) electrons. The Labute approximate surface area is 238 Å². The second kappa shape index (κ2) is 14.9. The third kappa shape index (κ3) is 7.59. The van der Waals surface area contributed by atoms with E-state index in [9.17, 15) is 0 Å². The highest BCUT2D eigenvalue weighted by Gasteiger charge is 2.45. The molecule has 0 aromatic carbocycles. The van der Waals surface area contributed by atoms with E-state index in [0.29, 0.717) is 5.92 Å². The van der Waals surface area contributed by atoms with Gasteiger partial charge in [0.25, 0.3) is 0 Å². The minimum atomic E-state index is 0. The van der Waals surface area contributed by atoms with Crippen molar-refractivity contribution in [2.24, 2.45) is 46.8 Å². The minimum absolute atomic E-state index is 0. The van der Waals surface area contributed by atoms with Crippen LogP contribution in [0.25, 0.3) is 0 Å². The van der Waals surface area contributed by atoms with Gasteiger partial charge in [-0.15, -0.1) is 0 Å². The van der Waals surface area contributed by atoms with Crippen molar-refractivity contribution >= 4 is 0 Å². The molecule has 6 aliphatic rings. The summed E-state index contributed by atoms with van der Waals surface area (Å²) in [4.78, 5) is 0. The van der Waals surface area contributed by atoms with Gasteiger partial charge >= 0.3 is 0 Å². The first-order valence-electron chi connectivity index (χ1n) is 17.2. The van der Waals surface area contributed by atoms with E-state index in [1.807, 2.05) is 13.8 Å². The summed E-state index contributed by atoms with van der Waals surface area (Å²) in [7, 11) is 0. The molecule has 0 heterocycles. The Hall–Kier alpha value is -0.560. The molecule has 4 atom stereocenters. The molecule has 0 saturated heterocycles. The number of allylic oxidation sites excluding steroid dienone is 4. The lowest BCUT2D eigenvalue weighted by atomic mass is 9.54. The molecule has 5 fully saturated rings. The molecule has 1 heteroatoms. The van der Waals surface area contributed by atoms with Crippen molar-refractivity contribution < 1.29 is 5.48 Å². The van der Waals surface area contributed by atoms with Crippen LogP contribution in [0.4, 0.5) is 0 Å². The first kappa shape index (κ1) is 32.0. The summed E-state index contributed by atoms with van der Waals surface area (Å²) in [5, 5.41) is 0. The monoisotopic (exact) mass is 526 g/mol. The van der Waals surface area contributed by atoms with E-state index in [1.165, 1.54) is 35.8 Å². The second-order valence-corrected chi connectivity index (χ2v) is 14.3. The van der Waals surface area contributed by atoms with Crippen LogP contribution in [0.15, 0.2) is 22.8 Å². The maximum atomic E-state index is 2.34. The number of rotatable bonds is 4. The molecule has 0 aromatic rings. The van der Waals surface area contributed by atoms with Gasteiger partial charge in [0.1, 0.15) is 0 Å². The highest BCUT2D eigenvalue weighted by Crippen LogP contribution is 2.56. The van der Waals surface area contributed by atoms with Crippen molar-refractivity contribution in [1.82, 2.24) is 0 Å². The lowest BCUT2D eigenvalue weighted by molar-refractivity contribution is -0.00482. The van der Waals surface area contributed by atoms with Crippen molar-refractivity contribution in [3.8, 4) is 0 Å². The standard InChI is InChI=1S/C24H40.C11H17.C2H6.H2O/c1-2-7-23-21(4-1)17-22(23)16-18-8-12-24(13-9-18)14-10-20(11-15-24)19-5-3-6-19;1-5-11-9(3)6-8(2)7-10(11)4;1-2;/h18-23H,1-17H2;6-7,9H,5H2,1-4H3;1-2H3;1H2/t18?,20?,21?,22?,23-,24?;;;/m1.../s1. The van der Waals surface area contributed by atoms with E-state index in [-0.39, 0.29) is 5.48 Å². The highest BCUT2D eigenvalue weighted by molar-refractivity contribution is 5.38. The van der Waals surface area contributed by atoms with Gasteiger partial charge in [0.05, 0.1) is 0 Å². The van der Waals surface area contributed by atoms with Gasteiger partial charge in [-0.05, 0) is 144 Å². The summed E-state index contributed by atoms with van der Waals surface area (Å²) >= 11 is 0. The number of hydrogen-bond donors (Lipinski definition) is 0. The minimum Gasteiger partial charge on any atom is -0.412 e. The fourth-order valence-corrected chi connectivity index (χ4v) is 9.81. The van der Waals surface area contributed by atoms with Gasteiger partial charge in [0, 0.05) is 0 Å². The van der Waals surface area contributed by atoms with Crippen molar-refractivity contribution in [3.05, 3.63) is 29.2 Å². The van der Waals surface area contributed by atoms with E-state index in [0.717, 1.165) is 29.1 Å². The average molecular weight is 526 g/mol. The molecule has 219 valence electrons. The third-order valence-corrected chi connectivity index (χ3v) is 12.3. The van der Waals surface area contributed by atoms with Crippen LogP contribution in [-0.4, -0.2) is 5.48 Å². The SMILES string of the molecule is C1CC(C2CCC3(CCC(CC4CC5CCCC[C@H]54)CC3)CC2)C1.CC.CCC1=C(C)C=C(C)[CH]C1C.O. The van der Waals surface area contributed by atoms with Crippen LogP contribution in [0.1, 0.15) is 157 Å². The number of hydrogen-bond acceptors (Lipinski definition) is 0. The summed E-state index contributed by atoms with van der Waals surface area (Å²) < 4.78 is 0. The quantitative estimate of drug-likeness (QED) is 0.349. The molecule has 0 aliphatic heterocycles. The molecule has 0 aromatic heterocycles. The van der Waals surface area contributed by atoms with Crippen LogP contribution in [0.5, 0.6) is 0 Å². The van der Waals surface area contributed by atoms with Gasteiger partial charge in [-0.2, -0.15) is 0 Å². The lowest BCUT2D eigenvalue weighted by Gasteiger charge is -2.51. The van der Waals surface area contributed by atoms with Gasteiger partial charge < -0.3 is 5.48 Å². The predicted octanol–water partition coefficient (Wildman–Crippen LogP) is 11.1. The van der Waals surface area contributed by atoms with Crippen molar-refractivity contribution in [2.75, 3.05) is 0 Å². The first-order chi connectivity index (χ1) is 18.0. The summed E-state index contributed by atoms with van der Waals surface area (Å²) in [6, 6.07) is 0. The van der Waals surface area contributed by atoms with Gasteiger partial charge in [0.2, 0.25) is 0 Å². The molecule has 2 N–H and O–H groups in total. The van der Waals surface area contributed by atoms with Crippen LogP contribution in [0.2, 0.25) is 0 Å². The molecule has 3 unspecified atom stereocenters. The zero-order chi connectivity index (χ0) is 26.4. The molecule has 38 heavy (non-hydrogen) atoms. The molecule has 0 amide bonds. The Bertz CT molecular complexity index is 752. The van der Waals surface area contributed by atoms with Crippen molar-refractivity contribution in [2.45, 2.75) is 157 Å². The van der Waals surface area contributed by atoms with Crippen molar-refractivity contribution in [3.63, 3.8) is 0 Å². The summed E-state index contributed by atoms with van der Waals surface area (Å²) in [6.07, 6.45) is 32.8. The van der Waals surface area contributed by atoms with Crippen LogP contribution in [-0.2, 0) is 0 Å². The third-order valence-electron chi connectivity index (χ3n) is 12.3. The topological polar surface area (TPSA) is 31.5 Å². The molecule has 6 rings (SSSR count). The largest absolute Gasteiger partial charge is 0.412 e. The normalized spacial score (nSPS) is 38.6. The molecular weight excluding hydrogens is 460 g/mol. The Morgan fingerprint density at radius 3 is 1.89 bits per heavy atom. The van der Waals surface area contributed by atoms with Gasteiger partial charge in [-0.3, -0.25) is 0 Å².